The lowest BCUT2D eigenvalue weighted by atomic mass is 10.1. The van der Waals surface area contributed by atoms with Crippen LogP contribution in [0.5, 0.6) is 0 Å². The highest BCUT2D eigenvalue weighted by molar-refractivity contribution is 7.99. The van der Waals surface area contributed by atoms with Crippen molar-refractivity contribution in [2.75, 3.05) is 40.0 Å². The van der Waals surface area contributed by atoms with Crippen LogP contribution in [0.25, 0.3) is 0 Å². The number of nitrogens with zero attached hydrogens (tertiary/aromatic N) is 2. The van der Waals surface area contributed by atoms with Gasteiger partial charge >= 0.3 is 0 Å². The lowest BCUT2D eigenvalue weighted by molar-refractivity contribution is 0.0827. The number of carbonyl (C=O) groups excluding carboxylic acids is 1. The zero-order chi connectivity index (χ0) is 20.4. The van der Waals surface area contributed by atoms with Crippen LogP contribution in [0.1, 0.15) is 15.9 Å². The summed E-state index contributed by atoms with van der Waals surface area (Å²) in [7, 11) is 5.28. The summed E-state index contributed by atoms with van der Waals surface area (Å²) in [5, 5.41) is 7.38. The number of amides is 1. The molecule has 2 N–H and O–H groups in total. The van der Waals surface area contributed by atoms with Crippen LogP contribution >= 0.6 is 23.4 Å². The minimum Gasteiger partial charge on any atom is -0.356 e. The van der Waals surface area contributed by atoms with Gasteiger partial charge in [0, 0.05) is 55.5 Å². The van der Waals surface area contributed by atoms with Gasteiger partial charge < -0.3 is 15.5 Å². The van der Waals surface area contributed by atoms with Crippen molar-refractivity contribution in [3.05, 3.63) is 64.7 Å². The van der Waals surface area contributed by atoms with Crippen molar-refractivity contribution < 1.29 is 4.79 Å². The molecule has 0 aromatic heterocycles. The number of nitrogens with one attached hydrogen (secondary N) is 2. The van der Waals surface area contributed by atoms with Crippen molar-refractivity contribution in [2.45, 2.75) is 11.3 Å². The van der Waals surface area contributed by atoms with Crippen molar-refractivity contribution in [1.82, 2.24) is 15.5 Å². The highest BCUT2D eigenvalue weighted by Crippen LogP contribution is 2.19. The average Bonchev–Trinajstić information content (AvgIpc) is 2.70. The summed E-state index contributed by atoms with van der Waals surface area (Å²) < 4.78 is 0. The fourth-order valence-corrected chi connectivity index (χ4v) is 3.43. The number of rotatable bonds is 8. The maximum atomic E-state index is 12.1. The summed E-state index contributed by atoms with van der Waals surface area (Å²) in [5.41, 5.74) is 1.83. The Bertz CT molecular complexity index is 793. The number of carbonyl (C=O) groups is 1. The molecule has 2 aromatic rings. The van der Waals surface area contributed by atoms with E-state index in [4.69, 9.17) is 11.6 Å². The second-order valence-electron chi connectivity index (χ2n) is 6.38. The molecule has 0 spiro atoms. The maximum Gasteiger partial charge on any atom is 0.253 e. The third kappa shape index (κ3) is 7.44. The van der Waals surface area contributed by atoms with Crippen molar-refractivity contribution in [2.24, 2.45) is 4.99 Å². The topological polar surface area (TPSA) is 56.7 Å². The van der Waals surface area contributed by atoms with E-state index in [1.165, 1.54) is 4.90 Å². The Labute approximate surface area is 176 Å². The first-order valence-electron chi connectivity index (χ1n) is 9.13. The Morgan fingerprint density at radius 3 is 2.50 bits per heavy atom. The molecule has 0 heterocycles. The highest BCUT2D eigenvalue weighted by Gasteiger charge is 2.08. The van der Waals surface area contributed by atoms with E-state index >= 15 is 0 Å². The summed E-state index contributed by atoms with van der Waals surface area (Å²) in [6, 6.07) is 15.6. The minimum absolute atomic E-state index is 0.0190. The van der Waals surface area contributed by atoms with Gasteiger partial charge in [-0.05, 0) is 48.4 Å². The van der Waals surface area contributed by atoms with E-state index in [2.05, 4.69) is 15.6 Å². The molecule has 1 amide bonds. The first-order chi connectivity index (χ1) is 13.5. The summed E-state index contributed by atoms with van der Waals surface area (Å²) in [6.45, 7) is 1.55. The number of guanidine groups is 1. The molecule has 0 aliphatic rings. The van der Waals surface area contributed by atoms with Gasteiger partial charge in [-0.15, -0.1) is 11.8 Å². The number of hydrogen-bond donors (Lipinski definition) is 2. The van der Waals surface area contributed by atoms with Crippen LogP contribution in [0.2, 0.25) is 5.02 Å². The summed E-state index contributed by atoms with van der Waals surface area (Å²) >= 11 is 7.67. The van der Waals surface area contributed by atoms with Gasteiger partial charge in [-0.1, -0.05) is 23.7 Å². The summed E-state index contributed by atoms with van der Waals surface area (Å²) in [5.74, 6) is 1.72. The smallest absolute Gasteiger partial charge is 0.253 e. The zero-order valence-electron chi connectivity index (χ0n) is 16.5. The van der Waals surface area contributed by atoms with Gasteiger partial charge in [0.1, 0.15) is 0 Å². The molecule has 0 aliphatic carbocycles. The molecule has 0 saturated carbocycles. The molecule has 0 aliphatic heterocycles. The van der Waals surface area contributed by atoms with E-state index in [0.29, 0.717) is 5.56 Å². The third-order valence-corrected chi connectivity index (χ3v) is 5.25. The molecule has 0 fully saturated rings. The Morgan fingerprint density at radius 1 is 1.11 bits per heavy atom. The predicted molar refractivity (Wildman–Crippen MR) is 120 cm³/mol. The molecular formula is C21H27ClN4OS. The van der Waals surface area contributed by atoms with Crippen LogP contribution in [0.3, 0.4) is 0 Å². The lowest BCUT2D eigenvalue weighted by Crippen LogP contribution is -2.39. The standard InChI is InChI=1S/C21H27ClN4OS/c1-23-21(25-13-14-28-19-9-7-18(22)8-10-19)24-12-11-16-5-4-6-17(15-16)20(27)26(2)3/h4-10,15H,11-14H2,1-3H3,(H2,23,24,25). The number of aliphatic imine (C=N–C) groups is 1. The van der Waals surface area contributed by atoms with Gasteiger partial charge in [-0.3, -0.25) is 9.79 Å². The van der Waals surface area contributed by atoms with E-state index in [9.17, 15) is 4.79 Å². The zero-order valence-corrected chi connectivity index (χ0v) is 18.1. The van der Waals surface area contributed by atoms with E-state index < -0.39 is 0 Å². The summed E-state index contributed by atoms with van der Waals surface area (Å²) in [4.78, 5) is 19.1. The van der Waals surface area contributed by atoms with E-state index in [0.717, 1.165) is 41.8 Å². The molecule has 0 saturated heterocycles. The summed E-state index contributed by atoms with van der Waals surface area (Å²) in [6.07, 6.45) is 0.814. The van der Waals surface area contributed by atoms with Crippen LogP contribution in [0.15, 0.2) is 58.4 Å². The Hall–Kier alpha value is -2.18. The second kappa shape index (κ2) is 11.6. The molecule has 7 heteroatoms. The molecule has 5 nitrogen and oxygen atoms in total. The molecule has 0 unspecified atom stereocenters. The first kappa shape index (κ1) is 22.1. The maximum absolute atomic E-state index is 12.1. The number of thioether (sulfide) groups is 1. The second-order valence-corrected chi connectivity index (χ2v) is 7.98. The van der Waals surface area contributed by atoms with Crippen LogP contribution in [0.4, 0.5) is 0 Å². The fourth-order valence-electron chi connectivity index (χ4n) is 2.53. The first-order valence-corrected chi connectivity index (χ1v) is 10.5. The number of hydrogen-bond acceptors (Lipinski definition) is 3. The van der Waals surface area contributed by atoms with E-state index in [-0.39, 0.29) is 5.91 Å². The van der Waals surface area contributed by atoms with Crippen molar-refractivity contribution in [3.8, 4) is 0 Å². The molecular weight excluding hydrogens is 392 g/mol. The lowest BCUT2D eigenvalue weighted by Gasteiger charge is -2.13. The predicted octanol–water partition coefficient (Wildman–Crippen LogP) is 3.54. The van der Waals surface area contributed by atoms with Gasteiger partial charge in [0.15, 0.2) is 5.96 Å². The van der Waals surface area contributed by atoms with Crippen LogP contribution < -0.4 is 10.6 Å². The van der Waals surface area contributed by atoms with Crippen LogP contribution in [-0.4, -0.2) is 56.8 Å². The van der Waals surface area contributed by atoms with Gasteiger partial charge in [0.2, 0.25) is 0 Å². The molecule has 0 bridgehead atoms. The van der Waals surface area contributed by atoms with Crippen LogP contribution in [0, 0.1) is 0 Å². The van der Waals surface area contributed by atoms with E-state index in [1.807, 2.05) is 48.5 Å². The Morgan fingerprint density at radius 2 is 1.82 bits per heavy atom. The molecule has 2 aromatic carbocycles. The molecule has 0 radical (unpaired) electrons. The average molecular weight is 419 g/mol. The number of halogens is 1. The van der Waals surface area contributed by atoms with Crippen LogP contribution in [-0.2, 0) is 6.42 Å². The third-order valence-electron chi connectivity index (χ3n) is 3.99. The van der Waals surface area contributed by atoms with Crippen molar-refractivity contribution in [3.63, 3.8) is 0 Å². The SMILES string of the molecule is CN=C(NCCSc1ccc(Cl)cc1)NCCc1cccc(C(=O)N(C)C)c1. The highest BCUT2D eigenvalue weighted by atomic mass is 35.5. The Kier molecular flexibility index (Phi) is 9.17. The minimum atomic E-state index is 0.0190. The molecule has 2 rings (SSSR count). The Balaban J connectivity index is 1.71. The van der Waals surface area contributed by atoms with Gasteiger partial charge in [0.05, 0.1) is 0 Å². The van der Waals surface area contributed by atoms with Crippen molar-refractivity contribution in [1.29, 1.82) is 0 Å². The van der Waals surface area contributed by atoms with Gasteiger partial charge in [-0.25, -0.2) is 0 Å². The van der Waals surface area contributed by atoms with Crippen molar-refractivity contribution >= 4 is 35.2 Å². The fraction of sp³-hybridized carbons (Fsp3) is 0.333. The quantitative estimate of drug-likeness (QED) is 0.298. The molecule has 28 heavy (non-hydrogen) atoms. The molecule has 0 atom stereocenters. The normalized spacial score (nSPS) is 11.2. The monoisotopic (exact) mass is 418 g/mol. The largest absolute Gasteiger partial charge is 0.356 e. The van der Waals surface area contributed by atoms with Gasteiger partial charge in [0.25, 0.3) is 5.91 Å². The molecule has 150 valence electrons. The van der Waals surface area contributed by atoms with E-state index in [1.54, 1.807) is 37.8 Å². The number of benzene rings is 2. The van der Waals surface area contributed by atoms with Gasteiger partial charge in [-0.2, -0.15) is 0 Å².